The Labute approximate surface area is 184 Å². The number of benzene rings is 1. The van der Waals surface area contributed by atoms with E-state index in [1.54, 1.807) is 0 Å². The Balaban J connectivity index is 0.00000272. The summed E-state index contributed by atoms with van der Waals surface area (Å²) >= 11 is 0. The van der Waals surface area contributed by atoms with E-state index in [0.29, 0.717) is 25.4 Å². The molecule has 2 amide bonds. The second-order valence-corrected chi connectivity index (χ2v) is 7.60. The van der Waals surface area contributed by atoms with Gasteiger partial charge in [0.15, 0.2) is 0 Å². The second kappa shape index (κ2) is 8.91. The van der Waals surface area contributed by atoms with Crippen LogP contribution in [0, 0.1) is 5.92 Å². The first kappa shape index (κ1) is 23.1. The van der Waals surface area contributed by atoms with E-state index in [1.807, 2.05) is 6.92 Å². The van der Waals surface area contributed by atoms with Crippen molar-refractivity contribution in [1.82, 2.24) is 15.1 Å². The number of nitrogens with one attached hydrogen (secondary N) is 1. The number of alkyl halides is 3. The van der Waals surface area contributed by atoms with E-state index in [0.717, 1.165) is 18.6 Å². The van der Waals surface area contributed by atoms with E-state index in [1.165, 1.54) is 27.9 Å². The van der Waals surface area contributed by atoms with Crippen LogP contribution in [0.4, 0.5) is 18.9 Å². The minimum Gasteiger partial charge on any atom is -0.381 e. The molecule has 2 aromatic rings. The molecule has 3 heterocycles. The number of aromatic nitrogens is 2. The van der Waals surface area contributed by atoms with Gasteiger partial charge in [-0.3, -0.25) is 14.3 Å². The molecular formula is C20H23F3N4O3S. The lowest BCUT2D eigenvalue weighted by Gasteiger charge is -2.32. The van der Waals surface area contributed by atoms with Gasteiger partial charge in [0.1, 0.15) is 5.69 Å². The third-order valence-electron chi connectivity index (χ3n) is 5.43. The molecule has 2 atom stereocenters. The molecule has 0 bridgehead atoms. The monoisotopic (exact) mass is 456 g/mol. The Hall–Kier alpha value is -2.53. The molecule has 2 aliphatic heterocycles. The van der Waals surface area contributed by atoms with Crippen LogP contribution in [0.5, 0.6) is 0 Å². The SMILES string of the molecule is C[C@H]1CN(c2ccc(C(F)(F)F)cc2)C(=O)c2c(C(=O)NCC3CCOC3)cnn21.S. The van der Waals surface area contributed by atoms with Gasteiger partial charge in [-0.25, -0.2) is 0 Å². The molecule has 1 fully saturated rings. The highest BCUT2D eigenvalue weighted by atomic mass is 32.1. The maximum Gasteiger partial charge on any atom is 0.416 e. The van der Waals surface area contributed by atoms with Gasteiger partial charge in [-0.15, -0.1) is 0 Å². The lowest BCUT2D eigenvalue weighted by Crippen LogP contribution is -2.44. The molecule has 0 radical (unpaired) electrons. The number of amides is 2. The van der Waals surface area contributed by atoms with Crippen LogP contribution in [-0.2, 0) is 10.9 Å². The molecule has 1 aromatic carbocycles. The van der Waals surface area contributed by atoms with Crippen molar-refractivity contribution in [3.05, 3.63) is 47.3 Å². The smallest absolute Gasteiger partial charge is 0.381 e. The van der Waals surface area contributed by atoms with Crippen LogP contribution in [0.15, 0.2) is 30.5 Å². The highest BCUT2D eigenvalue weighted by Crippen LogP contribution is 2.32. The van der Waals surface area contributed by atoms with Gasteiger partial charge >= 0.3 is 6.18 Å². The number of fused-ring (bicyclic) bond motifs is 1. The Bertz CT molecular complexity index is 956. The average Bonchev–Trinajstić information content (AvgIpc) is 3.38. The highest BCUT2D eigenvalue weighted by Gasteiger charge is 2.36. The first-order chi connectivity index (χ1) is 14.3. The van der Waals surface area contributed by atoms with Crippen molar-refractivity contribution in [1.29, 1.82) is 0 Å². The van der Waals surface area contributed by atoms with Gasteiger partial charge < -0.3 is 15.0 Å². The molecule has 0 aliphatic carbocycles. The summed E-state index contributed by atoms with van der Waals surface area (Å²) in [7, 11) is 0. The van der Waals surface area contributed by atoms with Gasteiger partial charge in [-0.2, -0.15) is 31.8 Å². The van der Waals surface area contributed by atoms with Gasteiger partial charge in [-0.1, -0.05) is 0 Å². The summed E-state index contributed by atoms with van der Waals surface area (Å²) in [4.78, 5) is 27.2. The molecule has 1 N–H and O–H groups in total. The number of anilines is 1. The molecule has 7 nitrogen and oxygen atoms in total. The Morgan fingerprint density at radius 1 is 1.29 bits per heavy atom. The normalized spacial score (nSPS) is 20.9. The second-order valence-electron chi connectivity index (χ2n) is 7.60. The van der Waals surface area contributed by atoms with E-state index < -0.39 is 23.6 Å². The van der Waals surface area contributed by atoms with E-state index in [9.17, 15) is 22.8 Å². The van der Waals surface area contributed by atoms with Crippen LogP contribution >= 0.6 is 13.5 Å². The number of hydrogen-bond donors (Lipinski definition) is 1. The molecule has 4 rings (SSSR count). The predicted octanol–water partition coefficient (Wildman–Crippen LogP) is 3.00. The number of ether oxygens (including phenoxy) is 1. The van der Waals surface area contributed by atoms with Gasteiger partial charge in [-0.05, 0) is 37.6 Å². The Kier molecular flexibility index (Phi) is 6.65. The van der Waals surface area contributed by atoms with Gasteiger partial charge in [0, 0.05) is 31.3 Å². The van der Waals surface area contributed by atoms with Crippen molar-refractivity contribution < 1.29 is 27.5 Å². The van der Waals surface area contributed by atoms with Crippen LogP contribution in [0.1, 0.15) is 45.8 Å². The van der Waals surface area contributed by atoms with Crippen molar-refractivity contribution >= 4 is 31.0 Å². The molecule has 0 spiro atoms. The lowest BCUT2D eigenvalue weighted by molar-refractivity contribution is -0.137. The zero-order valence-corrected chi connectivity index (χ0v) is 17.8. The van der Waals surface area contributed by atoms with Gasteiger partial charge in [0.2, 0.25) is 0 Å². The third-order valence-corrected chi connectivity index (χ3v) is 5.43. The summed E-state index contributed by atoms with van der Waals surface area (Å²) in [6.45, 7) is 3.76. The topological polar surface area (TPSA) is 76.5 Å². The number of carbonyl (C=O) groups excluding carboxylic acids is 2. The molecule has 11 heteroatoms. The summed E-state index contributed by atoms with van der Waals surface area (Å²) in [6.07, 6.45) is -2.23. The number of halogens is 3. The van der Waals surface area contributed by atoms with Gasteiger partial charge in [0.05, 0.1) is 30.0 Å². The maximum absolute atomic E-state index is 13.1. The van der Waals surface area contributed by atoms with Crippen LogP contribution in [-0.4, -0.2) is 47.9 Å². The number of carbonyl (C=O) groups is 2. The van der Waals surface area contributed by atoms with Crippen molar-refractivity contribution in [2.75, 3.05) is 31.2 Å². The summed E-state index contributed by atoms with van der Waals surface area (Å²) in [6, 6.07) is 4.16. The van der Waals surface area contributed by atoms with Crippen molar-refractivity contribution in [3.63, 3.8) is 0 Å². The zero-order chi connectivity index (χ0) is 21.5. The minimum absolute atomic E-state index is 0. The van der Waals surface area contributed by atoms with E-state index in [2.05, 4.69) is 10.4 Å². The maximum atomic E-state index is 13.1. The van der Waals surface area contributed by atoms with Crippen LogP contribution in [0.3, 0.4) is 0 Å². The molecular weight excluding hydrogens is 433 g/mol. The van der Waals surface area contributed by atoms with Crippen LogP contribution in [0.25, 0.3) is 0 Å². The van der Waals surface area contributed by atoms with Crippen molar-refractivity contribution in [2.45, 2.75) is 25.6 Å². The fourth-order valence-electron chi connectivity index (χ4n) is 3.76. The molecule has 2 aliphatic rings. The van der Waals surface area contributed by atoms with Crippen molar-refractivity contribution in [2.24, 2.45) is 5.92 Å². The molecule has 1 saturated heterocycles. The Morgan fingerprint density at radius 2 is 2.00 bits per heavy atom. The predicted molar refractivity (Wildman–Crippen MR) is 112 cm³/mol. The van der Waals surface area contributed by atoms with Gasteiger partial charge in [0.25, 0.3) is 11.8 Å². The summed E-state index contributed by atoms with van der Waals surface area (Å²) < 4.78 is 45.3. The van der Waals surface area contributed by atoms with Crippen LogP contribution < -0.4 is 10.2 Å². The molecule has 168 valence electrons. The molecule has 0 saturated carbocycles. The first-order valence-corrected chi connectivity index (χ1v) is 9.68. The Morgan fingerprint density at radius 3 is 2.61 bits per heavy atom. The average molecular weight is 456 g/mol. The van der Waals surface area contributed by atoms with Crippen molar-refractivity contribution in [3.8, 4) is 0 Å². The quantitative estimate of drug-likeness (QED) is 0.768. The molecule has 1 unspecified atom stereocenters. The fourth-order valence-corrected chi connectivity index (χ4v) is 3.76. The first-order valence-electron chi connectivity index (χ1n) is 9.68. The highest BCUT2D eigenvalue weighted by molar-refractivity contribution is 7.59. The standard InChI is InChI=1S/C20H21F3N4O3.H2S/c1-12-10-26(15-4-2-14(3-5-15)20(21,22)23)19(29)17-16(9-25-27(12)17)18(28)24-8-13-6-7-30-11-13;/h2-5,9,12-13H,6-8,10-11H2,1H3,(H,24,28);1H2/t12-,13?;/m0./s1. The zero-order valence-electron chi connectivity index (χ0n) is 16.8. The van der Waals surface area contributed by atoms with E-state index >= 15 is 0 Å². The minimum atomic E-state index is -4.45. The molecule has 31 heavy (non-hydrogen) atoms. The van der Waals surface area contributed by atoms with E-state index in [-0.39, 0.29) is 43.3 Å². The number of rotatable bonds is 4. The third kappa shape index (κ3) is 4.57. The van der Waals surface area contributed by atoms with Crippen LogP contribution in [0.2, 0.25) is 0 Å². The summed E-state index contributed by atoms with van der Waals surface area (Å²) in [5.74, 6) is -0.642. The fraction of sp³-hybridized carbons (Fsp3) is 0.450. The lowest BCUT2D eigenvalue weighted by atomic mass is 10.1. The summed E-state index contributed by atoms with van der Waals surface area (Å²) in [5, 5.41) is 7.02. The summed E-state index contributed by atoms with van der Waals surface area (Å²) in [5.41, 5.74) is -0.164. The number of hydrogen-bond acceptors (Lipinski definition) is 4. The largest absolute Gasteiger partial charge is 0.416 e. The molecule has 1 aromatic heterocycles. The number of nitrogens with zero attached hydrogens (tertiary/aromatic N) is 3. The van der Waals surface area contributed by atoms with E-state index in [4.69, 9.17) is 4.74 Å².